The summed E-state index contributed by atoms with van der Waals surface area (Å²) in [4.78, 5) is 12.8. The molecule has 122 valence electrons. The van der Waals surface area contributed by atoms with Crippen LogP contribution in [0.5, 0.6) is 5.75 Å². The Balaban J connectivity index is 2.00. The zero-order chi connectivity index (χ0) is 16.3. The lowest BCUT2D eigenvalue weighted by Gasteiger charge is -2.39. The molecule has 0 aromatic heterocycles. The van der Waals surface area contributed by atoms with E-state index in [0.717, 1.165) is 4.90 Å². The van der Waals surface area contributed by atoms with Crippen LogP contribution in [-0.4, -0.2) is 42.2 Å². The molecule has 2 N–H and O–H groups in total. The molecule has 4 nitrogen and oxygen atoms in total. The maximum absolute atomic E-state index is 13.0. The van der Waals surface area contributed by atoms with E-state index in [-0.39, 0.29) is 19.4 Å². The van der Waals surface area contributed by atoms with Crippen molar-refractivity contribution in [3.05, 3.63) is 29.3 Å². The van der Waals surface area contributed by atoms with E-state index in [1.165, 1.54) is 0 Å². The quantitative estimate of drug-likeness (QED) is 0.923. The van der Waals surface area contributed by atoms with E-state index in [4.69, 9.17) is 22.1 Å². The van der Waals surface area contributed by atoms with Crippen molar-refractivity contribution in [1.29, 1.82) is 0 Å². The number of hydrogen-bond donors (Lipinski definition) is 1. The van der Waals surface area contributed by atoms with E-state index in [1.807, 2.05) is 0 Å². The zero-order valence-electron chi connectivity index (χ0n) is 11.6. The number of nitrogens with zero attached hydrogens (tertiary/aromatic N) is 1. The monoisotopic (exact) mass is 336 g/mol. The van der Waals surface area contributed by atoms with Crippen LogP contribution in [0.3, 0.4) is 0 Å². The number of rotatable bonds is 3. The predicted octanol–water partition coefficient (Wildman–Crippen LogP) is 2.60. The van der Waals surface area contributed by atoms with Gasteiger partial charge in [0, 0.05) is 17.6 Å². The minimum absolute atomic E-state index is 0.118. The zero-order valence-corrected chi connectivity index (χ0v) is 12.4. The van der Waals surface area contributed by atoms with Crippen LogP contribution >= 0.6 is 11.6 Å². The summed E-state index contributed by atoms with van der Waals surface area (Å²) < 4.78 is 44.2. The summed E-state index contributed by atoms with van der Waals surface area (Å²) in [5.41, 5.74) is 5.68. The molecular formula is C14H16ClF3N2O2. The van der Waals surface area contributed by atoms with Gasteiger partial charge in [-0.25, -0.2) is 0 Å². The predicted molar refractivity (Wildman–Crippen MR) is 75.7 cm³/mol. The molecule has 22 heavy (non-hydrogen) atoms. The smallest absolute Gasteiger partial charge is 0.408 e. The third kappa shape index (κ3) is 4.27. The minimum Gasteiger partial charge on any atom is -0.484 e. The molecule has 1 amide bonds. The summed E-state index contributed by atoms with van der Waals surface area (Å²) >= 11 is 5.71. The highest BCUT2D eigenvalue weighted by Crippen LogP contribution is 2.31. The van der Waals surface area contributed by atoms with Crippen molar-refractivity contribution in [2.45, 2.75) is 31.1 Å². The van der Waals surface area contributed by atoms with Gasteiger partial charge in [0.25, 0.3) is 5.91 Å². The third-order valence-corrected chi connectivity index (χ3v) is 3.74. The van der Waals surface area contributed by atoms with Crippen molar-refractivity contribution in [1.82, 2.24) is 4.90 Å². The molecule has 2 unspecified atom stereocenters. The number of carbonyl (C=O) groups excluding carboxylic acids is 1. The first-order valence-corrected chi connectivity index (χ1v) is 7.15. The number of nitrogens with two attached hydrogens (primary N) is 1. The minimum atomic E-state index is -4.46. The lowest BCUT2D eigenvalue weighted by molar-refractivity contribution is -0.197. The van der Waals surface area contributed by atoms with Crippen LogP contribution in [0.4, 0.5) is 13.2 Å². The average Bonchev–Trinajstić information content (AvgIpc) is 2.45. The normalized spacial score (nSPS) is 22.5. The first kappa shape index (κ1) is 16.9. The van der Waals surface area contributed by atoms with Gasteiger partial charge in [-0.1, -0.05) is 11.6 Å². The van der Waals surface area contributed by atoms with Crippen LogP contribution in [0.25, 0.3) is 0 Å². The Kier molecular flexibility index (Phi) is 5.18. The van der Waals surface area contributed by atoms with Gasteiger partial charge in [0.05, 0.1) is 0 Å². The highest BCUT2D eigenvalue weighted by molar-refractivity contribution is 6.30. The Morgan fingerprint density at radius 1 is 1.32 bits per heavy atom. The van der Waals surface area contributed by atoms with Gasteiger partial charge in [-0.3, -0.25) is 4.79 Å². The van der Waals surface area contributed by atoms with E-state index in [9.17, 15) is 18.0 Å². The fraction of sp³-hybridized carbons (Fsp3) is 0.500. The first-order chi connectivity index (χ1) is 10.3. The van der Waals surface area contributed by atoms with Gasteiger partial charge < -0.3 is 15.4 Å². The second kappa shape index (κ2) is 6.75. The Morgan fingerprint density at radius 2 is 1.95 bits per heavy atom. The lowest BCUT2D eigenvalue weighted by Crippen LogP contribution is -2.57. The second-order valence-electron chi connectivity index (χ2n) is 5.18. The molecule has 8 heteroatoms. The number of alkyl halides is 3. The maximum Gasteiger partial charge on any atom is 0.408 e. The molecule has 0 bridgehead atoms. The summed E-state index contributed by atoms with van der Waals surface area (Å²) in [6.45, 7) is -0.589. The SMILES string of the molecule is NC1CCC(C(F)(F)F)N(C(=O)COc2ccc(Cl)cc2)C1. The Hall–Kier alpha value is -1.47. The lowest BCUT2D eigenvalue weighted by atomic mass is 9.98. The van der Waals surface area contributed by atoms with Crippen LogP contribution in [-0.2, 0) is 4.79 Å². The third-order valence-electron chi connectivity index (χ3n) is 3.49. The first-order valence-electron chi connectivity index (χ1n) is 6.77. The number of ether oxygens (including phenoxy) is 1. The Bertz CT molecular complexity index is 522. The van der Waals surface area contributed by atoms with Gasteiger partial charge in [0.2, 0.25) is 0 Å². The summed E-state index contributed by atoms with van der Waals surface area (Å²) in [6.07, 6.45) is -4.40. The van der Waals surface area contributed by atoms with Gasteiger partial charge in [-0.05, 0) is 37.1 Å². The fourth-order valence-electron chi connectivity index (χ4n) is 2.37. The van der Waals surface area contributed by atoms with Crippen molar-refractivity contribution in [3.8, 4) is 5.75 Å². The van der Waals surface area contributed by atoms with E-state index in [1.54, 1.807) is 24.3 Å². The maximum atomic E-state index is 13.0. The standard InChI is InChI=1S/C14H16ClF3N2O2/c15-9-1-4-11(5-2-9)22-8-13(21)20-7-10(19)3-6-12(20)14(16,17)18/h1-2,4-5,10,12H,3,6-8,19H2. The number of benzene rings is 1. The van der Waals surface area contributed by atoms with Gasteiger partial charge in [-0.15, -0.1) is 0 Å². The number of halogens is 4. The molecule has 0 aliphatic carbocycles. The van der Waals surface area contributed by atoms with E-state index < -0.39 is 30.8 Å². The summed E-state index contributed by atoms with van der Waals surface area (Å²) in [7, 11) is 0. The number of likely N-dealkylation sites (tertiary alicyclic amines) is 1. The molecule has 1 aliphatic heterocycles. The van der Waals surface area contributed by atoms with Crippen molar-refractivity contribution >= 4 is 17.5 Å². The van der Waals surface area contributed by atoms with Crippen molar-refractivity contribution < 1.29 is 22.7 Å². The number of piperidine rings is 1. The summed E-state index contributed by atoms with van der Waals surface area (Å²) in [6, 6.07) is 3.97. The molecule has 1 aromatic rings. The molecule has 1 heterocycles. The van der Waals surface area contributed by atoms with Crippen LogP contribution in [0.15, 0.2) is 24.3 Å². The molecule has 1 saturated heterocycles. The topological polar surface area (TPSA) is 55.6 Å². The molecule has 1 aliphatic rings. The molecule has 1 aromatic carbocycles. The molecule has 0 saturated carbocycles. The highest BCUT2D eigenvalue weighted by atomic mass is 35.5. The Morgan fingerprint density at radius 3 is 2.55 bits per heavy atom. The molecule has 0 spiro atoms. The second-order valence-corrected chi connectivity index (χ2v) is 5.62. The van der Waals surface area contributed by atoms with Gasteiger partial charge in [-0.2, -0.15) is 13.2 Å². The Labute approximate surface area is 131 Å². The number of carbonyl (C=O) groups is 1. The summed E-state index contributed by atoms with van der Waals surface area (Å²) in [5, 5.41) is 0.498. The van der Waals surface area contributed by atoms with Crippen LogP contribution in [0.2, 0.25) is 5.02 Å². The summed E-state index contributed by atoms with van der Waals surface area (Å²) in [5.74, 6) is -0.366. The van der Waals surface area contributed by atoms with Crippen LogP contribution in [0, 0.1) is 0 Å². The van der Waals surface area contributed by atoms with Crippen LogP contribution < -0.4 is 10.5 Å². The van der Waals surface area contributed by atoms with E-state index >= 15 is 0 Å². The van der Waals surface area contributed by atoms with Crippen molar-refractivity contribution in [2.24, 2.45) is 5.73 Å². The average molecular weight is 337 g/mol. The molecule has 0 radical (unpaired) electrons. The van der Waals surface area contributed by atoms with Crippen LogP contribution in [0.1, 0.15) is 12.8 Å². The van der Waals surface area contributed by atoms with E-state index in [2.05, 4.69) is 0 Å². The molecule has 2 rings (SSSR count). The van der Waals surface area contributed by atoms with Gasteiger partial charge in [0.15, 0.2) is 6.61 Å². The molecule has 2 atom stereocenters. The molecular weight excluding hydrogens is 321 g/mol. The highest BCUT2D eigenvalue weighted by Gasteiger charge is 2.47. The van der Waals surface area contributed by atoms with Crippen molar-refractivity contribution in [2.75, 3.05) is 13.2 Å². The number of hydrogen-bond acceptors (Lipinski definition) is 3. The number of amides is 1. The largest absolute Gasteiger partial charge is 0.484 e. The van der Waals surface area contributed by atoms with E-state index in [0.29, 0.717) is 10.8 Å². The fourth-order valence-corrected chi connectivity index (χ4v) is 2.50. The van der Waals surface area contributed by atoms with Crippen molar-refractivity contribution in [3.63, 3.8) is 0 Å². The van der Waals surface area contributed by atoms with Gasteiger partial charge >= 0.3 is 6.18 Å². The van der Waals surface area contributed by atoms with Gasteiger partial charge in [0.1, 0.15) is 11.8 Å². The molecule has 1 fully saturated rings.